The number of hydrogen-bond donors (Lipinski definition) is 1. The molecule has 1 aliphatic rings. The van der Waals surface area contributed by atoms with Gasteiger partial charge in [-0.2, -0.15) is 0 Å². The van der Waals surface area contributed by atoms with Crippen molar-refractivity contribution in [2.24, 2.45) is 0 Å². The predicted octanol–water partition coefficient (Wildman–Crippen LogP) is -0.738. The molecule has 0 radical (unpaired) electrons. The highest BCUT2D eigenvalue weighted by atomic mass is 19.1. The minimum Gasteiger partial charge on any atom is -0.347 e. The first kappa shape index (κ1) is 11.6. The molecule has 1 fully saturated rings. The van der Waals surface area contributed by atoms with Crippen molar-refractivity contribution in [1.82, 2.24) is 10.2 Å². The van der Waals surface area contributed by atoms with E-state index in [1.165, 1.54) is 4.90 Å². The third-order valence-corrected chi connectivity index (χ3v) is 2.34. The minimum atomic E-state index is -1.08. The summed E-state index contributed by atoms with van der Waals surface area (Å²) in [6, 6.07) is -0.505. The van der Waals surface area contributed by atoms with Crippen molar-refractivity contribution in [1.29, 1.82) is 0 Å². The monoisotopic (exact) mass is 216 g/mol. The van der Waals surface area contributed by atoms with Crippen LogP contribution in [-0.4, -0.2) is 48.8 Å². The number of likely N-dealkylation sites (tertiary alicyclic amines) is 1. The summed E-state index contributed by atoms with van der Waals surface area (Å²) in [5.41, 5.74) is 0. The van der Waals surface area contributed by atoms with Crippen LogP contribution < -0.4 is 5.32 Å². The molecule has 1 atom stereocenters. The molecule has 5 nitrogen and oxygen atoms in total. The summed E-state index contributed by atoms with van der Waals surface area (Å²) >= 11 is 0. The zero-order valence-corrected chi connectivity index (χ0v) is 8.24. The quantitative estimate of drug-likeness (QED) is 0.616. The van der Waals surface area contributed by atoms with Gasteiger partial charge in [-0.3, -0.25) is 14.4 Å². The van der Waals surface area contributed by atoms with Crippen LogP contribution in [-0.2, 0) is 14.4 Å². The van der Waals surface area contributed by atoms with Gasteiger partial charge in [-0.25, -0.2) is 4.39 Å². The maximum absolute atomic E-state index is 11.8. The van der Waals surface area contributed by atoms with Gasteiger partial charge in [-0.05, 0) is 12.8 Å². The average molecular weight is 216 g/mol. The van der Waals surface area contributed by atoms with Gasteiger partial charge in [0.25, 0.3) is 0 Å². The zero-order chi connectivity index (χ0) is 11.3. The third-order valence-electron chi connectivity index (χ3n) is 2.34. The second-order valence-electron chi connectivity index (χ2n) is 3.39. The first-order chi connectivity index (χ1) is 7.19. The van der Waals surface area contributed by atoms with Crippen LogP contribution in [0.3, 0.4) is 0 Å². The Labute approximate surface area is 86.6 Å². The summed E-state index contributed by atoms with van der Waals surface area (Å²) in [6.45, 7) is -0.834. The lowest BCUT2D eigenvalue weighted by atomic mass is 10.2. The third kappa shape index (κ3) is 3.00. The van der Waals surface area contributed by atoms with Crippen LogP contribution in [0.4, 0.5) is 4.39 Å². The Kier molecular flexibility index (Phi) is 4.20. The van der Waals surface area contributed by atoms with E-state index in [0.717, 1.165) is 6.42 Å². The standard InChI is InChI=1S/C9H13FN2O3/c10-4-7(14)5-11-9(15)8-2-1-3-12(8)6-13/h6,8H,1-5H2,(H,11,15). The van der Waals surface area contributed by atoms with E-state index in [-0.39, 0.29) is 12.5 Å². The molecular formula is C9H13FN2O3. The minimum absolute atomic E-state index is 0.307. The van der Waals surface area contributed by atoms with Gasteiger partial charge in [-0.15, -0.1) is 0 Å². The van der Waals surface area contributed by atoms with Gasteiger partial charge in [0.2, 0.25) is 12.3 Å². The molecule has 1 saturated heterocycles. The second-order valence-corrected chi connectivity index (χ2v) is 3.39. The van der Waals surface area contributed by atoms with Gasteiger partial charge in [0.1, 0.15) is 12.7 Å². The van der Waals surface area contributed by atoms with Gasteiger partial charge in [-0.1, -0.05) is 0 Å². The molecule has 0 bridgehead atoms. The van der Waals surface area contributed by atoms with Crippen LogP contribution in [0, 0.1) is 0 Å². The summed E-state index contributed by atoms with van der Waals surface area (Å²) < 4.78 is 11.8. The van der Waals surface area contributed by atoms with Crippen molar-refractivity contribution in [2.45, 2.75) is 18.9 Å². The molecule has 0 aliphatic carbocycles. The van der Waals surface area contributed by atoms with Crippen molar-refractivity contribution >= 4 is 18.1 Å². The Hall–Kier alpha value is -1.46. The number of carbonyl (C=O) groups excluding carboxylic acids is 3. The number of Topliss-reactive ketones (excluding diaryl/α,β-unsaturated/α-hetero) is 1. The Balaban J connectivity index is 2.39. The van der Waals surface area contributed by atoms with E-state index in [2.05, 4.69) is 5.32 Å². The summed E-state index contributed by atoms with van der Waals surface area (Å²) in [5.74, 6) is -1.06. The fourth-order valence-corrected chi connectivity index (χ4v) is 1.55. The van der Waals surface area contributed by atoms with Gasteiger partial charge >= 0.3 is 0 Å². The fourth-order valence-electron chi connectivity index (χ4n) is 1.55. The molecule has 0 aromatic heterocycles. The molecule has 6 heteroatoms. The number of hydrogen-bond acceptors (Lipinski definition) is 3. The van der Waals surface area contributed by atoms with Crippen molar-refractivity contribution in [3.8, 4) is 0 Å². The van der Waals surface area contributed by atoms with Gasteiger partial charge < -0.3 is 10.2 Å². The highest BCUT2D eigenvalue weighted by Gasteiger charge is 2.29. The van der Waals surface area contributed by atoms with Crippen LogP contribution in [0.2, 0.25) is 0 Å². The predicted molar refractivity (Wildman–Crippen MR) is 49.8 cm³/mol. The number of amides is 2. The highest BCUT2D eigenvalue weighted by Crippen LogP contribution is 2.14. The van der Waals surface area contributed by atoms with E-state index in [1.54, 1.807) is 0 Å². The molecule has 0 saturated carbocycles. The molecule has 0 aromatic rings. The number of nitrogens with one attached hydrogen (secondary N) is 1. The van der Waals surface area contributed by atoms with Crippen molar-refractivity contribution < 1.29 is 18.8 Å². The largest absolute Gasteiger partial charge is 0.347 e. The van der Waals surface area contributed by atoms with E-state index >= 15 is 0 Å². The molecule has 15 heavy (non-hydrogen) atoms. The summed E-state index contributed by atoms with van der Waals surface area (Å²) in [4.78, 5) is 34.0. The summed E-state index contributed by atoms with van der Waals surface area (Å²) in [6.07, 6.45) is 1.98. The SMILES string of the molecule is O=CN1CCCC1C(=O)NCC(=O)CF. The van der Waals surface area contributed by atoms with E-state index in [1.807, 2.05) is 0 Å². The van der Waals surface area contributed by atoms with Crippen LogP contribution in [0.15, 0.2) is 0 Å². The number of rotatable bonds is 5. The molecule has 1 aliphatic heterocycles. The maximum atomic E-state index is 11.8. The van der Waals surface area contributed by atoms with E-state index in [0.29, 0.717) is 19.4 Å². The molecular weight excluding hydrogens is 203 g/mol. The van der Waals surface area contributed by atoms with Gasteiger partial charge in [0, 0.05) is 6.54 Å². The lowest BCUT2D eigenvalue weighted by Gasteiger charge is -2.18. The van der Waals surface area contributed by atoms with Crippen molar-refractivity contribution in [3.63, 3.8) is 0 Å². The lowest BCUT2D eigenvalue weighted by molar-refractivity contribution is -0.132. The van der Waals surface area contributed by atoms with Gasteiger partial charge in [0.05, 0.1) is 6.54 Å². The van der Waals surface area contributed by atoms with E-state index in [4.69, 9.17) is 0 Å². The Bertz CT molecular complexity index is 270. The molecule has 1 unspecified atom stereocenters. The molecule has 2 amide bonds. The number of carbonyl (C=O) groups is 3. The summed E-state index contributed by atoms with van der Waals surface area (Å²) in [7, 11) is 0. The topological polar surface area (TPSA) is 66.5 Å². The molecule has 1 heterocycles. The zero-order valence-electron chi connectivity index (χ0n) is 8.24. The lowest BCUT2D eigenvalue weighted by Crippen LogP contribution is -2.44. The first-order valence-corrected chi connectivity index (χ1v) is 4.75. The number of halogens is 1. The average Bonchev–Trinajstić information content (AvgIpc) is 2.73. The Morgan fingerprint density at radius 1 is 1.53 bits per heavy atom. The molecule has 84 valence electrons. The first-order valence-electron chi connectivity index (χ1n) is 4.75. The van der Waals surface area contributed by atoms with Crippen LogP contribution in [0.1, 0.15) is 12.8 Å². The molecule has 0 aromatic carbocycles. The van der Waals surface area contributed by atoms with Crippen molar-refractivity contribution in [2.75, 3.05) is 19.8 Å². The summed E-state index contributed by atoms with van der Waals surface area (Å²) in [5, 5.41) is 2.31. The highest BCUT2D eigenvalue weighted by molar-refractivity contribution is 5.89. The Morgan fingerprint density at radius 3 is 2.87 bits per heavy atom. The smallest absolute Gasteiger partial charge is 0.243 e. The van der Waals surface area contributed by atoms with E-state index < -0.39 is 18.5 Å². The van der Waals surface area contributed by atoms with Crippen molar-refractivity contribution in [3.05, 3.63) is 0 Å². The van der Waals surface area contributed by atoms with Crippen LogP contribution in [0.25, 0.3) is 0 Å². The number of ketones is 1. The van der Waals surface area contributed by atoms with Crippen LogP contribution >= 0.6 is 0 Å². The Morgan fingerprint density at radius 2 is 2.27 bits per heavy atom. The molecule has 1 N–H and O–H groups in total. The maximum Gasteiger partial charge on any atom is 0.243 e. The van der Waals surface area contributed by atoms with E-state index in [9.17, 15) is 18.8 Å². The fraction of sp³-hybridized carbons (Fsp3) is 0.667. The van der Waals surface area contributed by atoms with Crippen LogP contribution in [0.5, 0.6) is 0 Å². The molecule has 0 spiro atoms. The van der Waals surface area contributed by atoms with Gasteiger partial charge in [0.15, 0.2) is 5.78 Å². The number of alkyl halides is 1. The second kappa shape index (κ2) is 5.43. The number of nitrogens with zero attached hydrogens (tertiary/aromatic N) is 1. The normalized spacial score (nSPS) is 20.1. The molecule has 1 rings (SSSR count).